The molecular formula is C24H28N4O6S. The number of amides is 4. The Morgan fingerprint density at radius 1 is 1.17 bits per heavy atom. The Kier molecular flexibility index (Phi) is 6.56. The number of urea groups is 1. The molecule has 4 amide bonds. The van der Waals surface area contributed by atoms with E-state index < -0.39 is 40.0 Å². The number of aryl methyl sites for hydroxylation is 1. The van der Waals surface area contributed by atoms with Crippen LogP contribution in [-0.2, 0) is 31.6 Å². The second-order valence-electron chi connectivity index (χ2n) is 8.38. The van der Waals surface area contributed by atoms with Crippen LogP contribution in [0.2, 0.25) is 0 Å². The summed E-state index contributed by atoms with van der Waals surface area (Å²) >= 11 is 0. The number of methoxy groups -OCH3 is 1. The van der Waals surface area contributed by atoms with E-state index in [1.165, 1.54) is 29.6 Å². The van der Waals surface area contributed by atoms with Gasteiger partial charge < -0.3 is 15.4 Å². The number of nitrogens with zero attached hydrogens (tertiary/aromatic N) is 2. The predicted octanol–water partition coefficient (Wildman–Crippen LogP) is 2.06. The lowest BCUT2D eigenvalue weighted by Gasteiger charge is -2.22. The lowest BCUT2D eigenvalue weighted by atomic mass is 9.92. The van der Waals surface area contributed by atoms with E-state index in [1.807, 2.05) is 24.3 Å². The van der Waals surface area contributed by atoms with Crippen molar-refractivity contribution in [3.8, 4) is 5.75 Å². The van der Waals surface area contributed by atoms with Crippen LogP contribution in [0.1, 0.15) is 31.4 Å². The molecule has 4 rings (SSSR count). The molecule has 2 aliphatic rings. The van der Waals surface area contributed by atoms with Crippen LogP contribution in [0.15, 0.2) is 47.4 Å². The Hall–Kier alpha value is -3.44. The SMILES string of the molecule is CCN(CC)S(=O)(=O)c1ccc(OC)c(NC(=O)CN2C(=O)N[C@]3(CCc4ccccc43)C2=O)c1. The van der Waals surface area contributed by atoms with E-state index in [0.717, 1.165) is 16.0 Å². The fourth-order valence-corrected chi connectivity index (χ4v) is 6.21. The molecule has 1 heterocycles. The second-order valence-corrected chi connectivity index (χ2v) is 10.3. The summed E-state index contributed by atoms with van der Waals surface area (Å²) in [6.45, 7) is 3.54. The molecule has 2 N–H and O–H groups in total. The average molecular weight is 501 g/mol. The van der Waals surface area contributed by atoms with Crippen LogP contribution in [0, 0.1) is 0 Å². The molecule has 2 aromatic rings. The normalized spacial score (nSPS) is 19.3. The summed E-state index contributed by atoms with van der Waals surface area (Å²) in [6, 6.07) is 10.9. The molecule has 35 heavy (non-hydrogen) atoms. The van der Waals surface area contributed by atoms with Crippen molar-refractivity contribution in [1.29, 1.82) is 0 Å². The number of fused-ring (bicyclic) bond motifs is 2. The minimum atomic E-state index is -3.77. The molecule has 1 aliphatic carbocycles. The molecular weight excluding hydrogens is 472 g/mol. The standard InChI is InChI=1S/C24H28N4O6S/c1-4-27(5-2)35(32,33)17-10-11-20(34-3)19(14-17)25-21(29)15-28-22(30)24(26-23(28)31)13-12-16-8-6-7-9-18(16)24/h6-11,14H,4-5,12-13,15H2,1-3H3,(H,25,29)(H,26,31)/t24-/m0/s1. The zero-order valence-corrected chi connectivity index (χ0v) is 20.6. The Bertz CT molecular complexity index is 1290. The number of carbonyl (C=O) groups is 3. The quantitative estimate of drug-likeness (QED) is 0.535. The molecule has 2 aromatic carbocycles. The van der Waals surface area contributed by atoms with Gasteiger partial charge in [0.25, 0.3) is 5.91 Å². The molecule has 10 nitrogen and oxygen atoms in total. The molecule has 11 heteroatoms. The molecule has 0 unspecified atom stereocenters. The molecule has 1 spiro atoms. The van der Waals surface area contributed by atoms with Crippen molar-refractivity contribution in [2.45, 2.75) is 37.1 Å². The summed E-state index contributed by atoms with van der Waals surface area (Å²) in [5.74, 6) is -0.893. The highest BCUT2D eigenvalue weighted by Crippen LogP contribution is 2.41. The Labute approximate surface area is 204 Å². The van der Waals surface area contributed by atoms with Crippen LogP contribution >= 0.6 is 0 Å². The van der Waals surface area contributed by atoms with Crippen molar-refractivity contribution >= 4 is 33.6 Å². The van der Waals surface area contributed by atoms with Gasteiger partial charge in [0, 0.05) is 13.1 Å². The summed E-state index contributed by atoms with van der Waals surface area (Å²) in [5.41, 5.74) is 0.697. The highest BCUT2D eigenvalue weighted by Gasteiger charge is 2.55. The maximum absolute atomic E-state index is 13.3. The van der Waals surface area contributed by atoms with E-state index in [4.69, 9.17) is 4.74 Å². The van der Waals surface area contributed by atoms with Gasteiger partial charge in [0.1, 0.15) is 17.8 Å². The first kappa shape index (κ1) is 24.7. The summed E-state index contributed by atoms with van der Waals surface area (Å²) in [4.78, 5) is 39.8. The molecule has 0 bridgehead atoms. The van der Waals surface area contributed by atoms with Gasteiger partial charge in [-0.3, -0.25) is 14.5 Å². The molecule has 1 aliphatic heterocycles. The van der Waals surface area contributed by atoms with E-state index in [2.05, 4.69) is 10.6 Å². The molecule has 1 atom stereocenters. The number of ether oxygens (including phenoxy) is 1. The third kappa shape index (κ3) is 4.14. The average Bonchev–Trinajstić information content (AvgIpc) is 3.32. The Morgan fingerprint density at radius 3 is 2.57 bits per heavy atom. The van der Waals surface area contributed by atoms with E-state index >= 15 is 0 Å². The minimum Gasteiger partial charge on any atom is -0.495 e. The number of nitrogens with one attached hydrogen (secondary N) is 2. The number of benzene rings is 2. The van der Waals surface area contributed by atoms with Crippen LogP contribution in [0.3, 0.4) is 0 Å². The first-order valence-corrected chi connectivity index (χ1v) is 12.8. The Morgan fingerprint density at radius 2 is 1.89 bits per heavy atom. The lowest BCUT2D eigenvalue weighted by Crippen LogP contribution is -2.43. The lowest BCUT2D eigenvalue weighted by molar-refractivity contribution is -0.134. The maximum Gasteiger partial charge on any atom is 0.325 e. The van der Waals surface area contributed by atoms with Gasteiger partial charge in [-0.2, -0.15) is 4.31 Å². The van der Waals surface area contributed by atoms with Crippen LogP contribution in [0.25, 0.3) is 0 Å². The number of hydrogen-bond donors (Lipinski definition) is 2. The molecule has 0 radical (unpaired) electrons. The topological polar surface area (TPSA) is 125 Å². The van der Waals surface area contributed by atoms with Crippen molar-refractivity contribution in [2.75, 3.05) is 32.1 Å². The number of carbonyl (C=O) groups excluding carboxylic acids is 3. The van der Waals surface area contributed by atoms with Crippen molar-refractivity contribution in [3.05, 3.63) is 53.6 Å². The smallest absolute Gasteiger partial charge is 0.325 e. The van der Waals surface area contributed by atoms with Crippen LogP contribution in [-0.4, -0.2) is 62.2 Å². The predicted molar refractivity (Wildman–Crippen MR) is 128 cm³/mol. The summed E-state index contributed by atoms with van der Waals surface area (Å²) in [7, 11) is -2.38. The van der Waals surface area contributed by atoms with Gasteiger partial charge in [0.2, 0.25) is 15.9 Å². The number of imide groups is 1. The van der Waals surface area contributed by atoms with E-state index in [0.29, 0.717) is 25.9 Å². The van der Waals surface area contributed by atoms with Gasteiger partial charge in [-0.25, -0.2) is 13.2 Å². The Balaban J connectivity index is 1.55. The minimum absolute atomic E-state index is 0.00573. The zero-order chi connectivity index (χ0) is 25.4. The zero-order valence-electron chi connectivity index (χ0n) is 19.8. The van der Waals surface area contributed by atoms with Gasteiger partial charge in [0.05, 0.1) is 17.7 Å². The maximum atomic E-state index is 13.3. The number of anilines is 1. The van der Waals surface area contributed by atoms with Crippen LogP contribution in [0.5, 0.6) is 5.75 Å². The van der Waals surface area contributed by atoms with Crippen molar-refractivity contribution < 1.29 is 27.5 Å². The fraction of sp³-hybridized carbons (Fsp3) is 0.375. The third-order valence-electron chi connectivity index (χ3n) is 6.51. The van der Waals surface area contributed by atoms with Crippen molar-refractivity contribution in [3.63, 3.8) is 0 Å². The largest absolute Gasteiger partial charge is 0.495 e. The van der Waals surface area contributed by atoms with Gasteiger partial charge in [0.15, 0.2) is 0 Å². The first-order chi connectivity index (χ1) is 16.7. The van der Waals surface area contributed by atoms with Crippen LogP contribution < -0.4 is 15.4 Å². The summed E-state index contributed by atoms with van der Waals surface area (Å²) in [6.07, 6.45) is 1.07. The fourth-order valence-electron chi connectivity index (χ4n) is 4.72. The summed E-state index contributed by atoms with van der Waals surface area (Å²) in [5, 5.41) is 5.37. The monoisotopic (exact) mass is 500 g/mol. The van der Waals surface area contributed by atoms with Gasteiger partial charge in [-0.15, -0.1) is 0 Å². The van der Waals surface area contributed by atoms with E-state index in [1.54, 1.807) is 13.8 Å². The summed E-state index contributed by atoms with van der Waals surface area (Å²) < 4.78 is 32.4. The van der Waals surface area contributed by atoms with Crippen LogP contribution in [0.4, 0.5) is 10.5 Å². The molecule has 1 saturated heterocycles. The highest BCUT2D eigenvalue weighted by atomic mass is 32.2. The van der Waals surface area contributed by atoms with Crippen molar-refractivity contribution in [2.24, 2.45) is 0 Å². The van der Waals surface area contributed by atoms with Gasteiger partial charge in [-0.1, -0.05) is 38.1 Å². The van der Waals surface area contributed by atoms with E-state index in [9.17, 15) is 22.8 Å². The van der Waals surface area contributed by atoms with Gasteiger partial charge in [-0.05, 0) is 42.2 Å². The second kappa shape index (κ2) is 9.31. The number of hydrogen-bond acceptors (Lipinski definition) is 6. The van der Waals surface area contributed by atoms with E-state index in [-0.39, 0.29) is 16.3 Å². The molecule has 186 valence electrons. The third-order valence-corrected chi connectivity index (χ3v) is 8.56. The van der Waals surface area contributed by atoms with Crippen molar-refractivity contribution in [1.82, 2.24) is 14.5 Å². The number of rotatable bonds is 8. The highest BCUT2D eigenvalue weighted by molar-refractivity contribution is 7.89. The first-order valence-electron chi connectivity index (χ1n) is 11.4. The van der Waals surface area contributed by atoms with Gasteiger partial charge >= 0.3 is 6.03 Å². The molecule has 1 fully saturated rings. The number of sulfonamides is 1. The molecule has 0 saturated carbocycles. The molecule has 0 aromatic heterocycles.